The van der Waals surface area contributed by atoms with Gasteiger partial charge in [-0.25, -0.2) is 4.79 Å². The molecule has 0 unspecified atom stereocenters. The number of aryl methyl sites for hydroxylation is 2. The van der Waals surface area contributed by atoms with Crippen molar-refractivity contribution in [2.24, 2.45) is 5.92 Å². The van der Waals surface area contributed by atoms with Gasteiger partial charge in [-0.15, -0.1) is 0 Å². The van der Waals surface area contributed by atoms with E-state index >= 15 is 0 Å². The van der Waals surface area contributed by atoms with Gasteiger partial charge in [-0.2, -0.15) is 0 Å². The standard InChI is InChI=1S/C19H28N2O3/c1-13-6-7-14(2)16(12-13)20-17(22)15-8-10-21(11-9-15)18(23)24-19(3,4)5/h6-7,12,15H,8-11H2,1-5H3,(H,20,22). The number of hydrogen-bond donors (Lipinski definition) is 1. The predicted molar refractivity (Wildman–Crippen MR) is 95.1 cm³/mol. The molecule has 2 amide bonds. The van der Waals surface area contributed by atoms with Crippen molar-refractivity contribution in [1.29, 1.82) is 0 Å². The van der Waals surface area contributed by atoms with Gasteiger partial charge in [0.15, 0.2) is 0 Å². The lowest BCUT2D eigenvalue weighted by Crippen LogP contribution is -2.43. The van der Waals surface area contributed by atoms with Crippen molar-refractivity contribution >= 4 is 17.7 Å². The summed E-state index contributed by atoms with van der Waals surface area (Å²) in [6.45, 7) is 10.7. The highest BCUT2D eigenvalue weighted by Gasteiger charge is 2.30. The molecule has 24 heavy (non-hydrogen) atoms. The average molecular weight is 332 g/mol. The molecule has 0 aromatic heterocycles. The van der Waals surface area contributed by atoms with Crippen LogP contribution in [0.2, 0.25) is 0 Å². The molecule has 1 N–H and O–H groups in total. The van der Waals surface area contributed by atoms with Crippen LogP contribution < -0.4 is 5.32 Å². The molecule has 1 fully saturated rings. The molecule has 0 aliphatic carbocycles. The lowest BCUT2D eigenvalue weighted by molar-refractivity contribution is -0.121. The number of benzene rings is 1. The van der Waals surface area contributed by atoms with E-state index in [4.69, 9.17) is 4.74 Å². The normalized spacial score (nSPS) is 16.0. The van der Waals surface area contributed by atoms with Crippen LogP contribution >= 0.6 is 0 Å². The lowest BCUT2D eigenvalue weighted by Gasteiger charge is -2.33. The summed E-state index contributed by atoms with van der Waals surface area (Å²) >= 11 is 0. The van der Waals surface area contributed by atoms with Crippen molar-refractivity contribution in [2.75, 3.05) is 18.4 Å². The number of nitrogens with one attached hydrogen (secondary N) is 1. The fourth-order valence-electron chi connectivity index (χ4n) is 2.76. The van der Waals surface area contributed by atoms with Crippen LogP contribution in [0.15, 0.2) is 18.2 Å². The second-order valence-electron chi connectivity index (χ2n) is 7.55. The van der Waals surface area contributed by atoms with E-state index in [9.17, 15) is 9.59 Å². The van der Waals surface area contributed by atoms with Crippen molar-refractivity contribution < 1.29 is 14.3 Å². The summed E-state index contributed by atoms with van der Waals surface area (Å²) in [5, 5.41) is 3.03. The Bertz CT molecular complexity index is 612. The Morgan fingerprint density at radius 1 is 1.17 bits per heavy atom. The Labute approximate surface area is 144 Å². The van der Waals surface area contributed by atoms with Crippen LogP contribution in [0.5, 0.6) is 0 Å². The van der Waals surface area contributed by atoms with Crippen LogP contribution in [0.25, 0.3) is 0 Å². The quantitative estimate of drug-likeness (QED) is 0.894. The first-order valence-corrected chi connectivity index (χ1v) is 8.52. The Morgan fingerprint density at radius 2 is 1.79 bits per heavy atom. The molecule has 132 valence electrons. The number of anilines is 1. The summed E-state index contributed by atoms with van der Waals surface area (Å²) in [6.07, 6.45) is 1.03. The Hall–Kier alpha value is -2.04. The zero-order chi connectivity index (χ0) is 17.9. The molecule has 1 aromatic carbocycles. The fourth-order valence-corrected chi connectivity index (χ4v) is 2.76. The Kier molecular flexibility index (Phi) is 5.52. The van der Waals surface area contributed by atoms with Gasteiger partial charge in [0, 0.05) is 24.7 Å². The monoisotopic (exact) mass is 332 g/mol. The van der Waals surface area contributed by atoms with E-state index in [0.29, 0.717) is 25.9 Å². The molecule has 1 heterocycles. The second kappa shape index (κ2) is 7.24. The van der Waals surface area contributed by atoms with Gasteiger partial charge in [0.05, 0.1) is 0 Å². The molecule has 5 heteroatoms. The minimum atomic E-state index is -0.492. The molecule has 1 aliphatic heterocycles. The summed E-state index contributed by atoms with van der Waals surface area (Å²) in [7, 11) is 0. The SMILES string of the molecule is Cc1ccc(C)c(NC(=O)C2CCN(C(=O)OC(C)(C)C)CC2)c1. The number of carbonyl (C=O) groups is 2. The van der Waals surface area contributed by atoms with Gasteiger partial charge in [-0.3, -0.25) is 4.79 Å². The van der Waals surface area contributed by atoms with E-state index in [0.717, 1.165) is 16.8 Å². The summed E-state index contributed by atoms with van der Waals surface area (Å²) in [6, 6.07) is 6.03. The van der Waals surface area contributed by atoms with Crippen LogP contribution in [-0.2, 0) is 9.53 Å². The number of ether oxygens (including phenoxy) is 1. The van der Waals surface area contributed by atoms with E-state index in [1.807, 2.05) is 52.8 Å². The van der Waals surface area contributed by atoms with Crippen LogP contribution in [0.3, 0.4) is 0 Å². The molecule has 2 rings (SSSR count). The van der Waals surface area contributed by atoms with Crippen LogP contribution in [0.1, 0.15) is 44.7 Å². The first kappa shape index (κ1) is 18.3. The van der Waals surface area contributed by atoms with Crippen molar-refractivity contribution in [3.63, 3.8) is 0 Å². The zero-order valence-corrected chi connectivity index (χ0v) is 15.3. The molecule has 0 spiro atoms. The third-order valence-corrected chi connectivity index (χ3v) is 4.17. The van der Waals surface area contributed by atoms with E-state index in [1.54, 1.807) is 4.90 Å². The van der Waals surface area contributed by atoms with Gasteiger partial charge in [-0.05, 0) is 64.7 Å². The number of nitrogens with zero attached hydrogens (tertiary/aromatic N) is 1. The zero-order valence-electron chi connectivity index (χ0n) is 15.3. The molecule has 1 aliphatic rings. The molecule has 0 bridgehead atoms. The van der Waals surface area contributed by atoms with Gasteiger partial charge < -0.3 is 15.0 Å². The smallest absolute Gasteiger partial charge is 0.410 e. The highest BCUT2D eigenvalue weighted by Crippen LogP contribution is 2.23. The maximum absolute atomic E-state index is 12.5. The van der Waals surface area contributed by atoms with Crippen molar-refractivity contribution in [3.05, 3.63) is 29.3 Å². The highest BCUT2D eigenvalue weighted by molar-refractivity contribution is 5.93. The molecule has 1 aromatic rings. The fraction of sp³-hybridized carbons (Fsp3) is 0.579. The largest absolute Gasteiger partial charge is 0.444 e. The predicted octanol–water partition coefficient (Wildman–Crippen LogP) is 3.89. The molecule has 0 atom stereocenters. The topological polar surface area (TPSA) is 58.6 Å². The van der Waals surface area contributed by atoms with Crippen LogP contribution in [-0.4, -0.2) is 35.6 Å². The third kappa shape index (κ3) is 4.98. The first-order chi connectivity index (χ1) is 11.2. The molecule has 5 nitrogen and oxygen atoms in total. The van der Waals surface area contributed by atoms with E-state index in [2.05, 4.69) is 5.32 Å². The van der Waals surface area contributed by atoms with Gasteiger partial charge in [-0.1, -0.05) is 12.1 Å². The highest BCUT2D eigenvalue weighted by atomic mass is 16.6. The van der Waals surface area contributed by atoms with Gasteiger partial charge >= 0.3 is 6.09 Å². The summed E-state index contributed by atoms with van der Waals surface area (Å²) < 4.78 is 5.38. The number of amides is 2. The first-order valence-electron chi connectivity index (χ1n) is 8.52. The van der Waals surface area contributed by atoms with E-state index < -0.39 is 5.60 Å². The number of carbonyl (C=O) groups excluding carboxylic acids is 2. The summed E-state index contributed by atoms with van der Waals surface area (Å²) in [5.41, 5.74) is 2.55. The number of likely N-dealkylation sites (tertiary alicyclic amines) is 1. The van der Waals surface area contributed by atoms with Crippen molar-refractivity contribution in [3.8, 4) is 0 Å². The molecule has 0 saturated carbocycles. The number of hydrogen-bond acceptors (Lipinski definition) is 3. The minimum Gasteiger partial charge on any atom is -0.444 e. The van der Waals surface area contributed by atoms with Crippen LogP contribution in [0, 0.1) is 19.8 Å². The van der Waals surface area contributed by atoms with E-state index in [-0.39, 0.29) is 17.9 Å². The van der Waals surface area contributed by atoms with Gasteiger partial charge in [0.1, 0.15) is 5.60 Å². The molecule has 0 radical (unpaired) electrons. The summed E-state index contributed by atoms with van der Waals surface area (Å²) in [4.78, 5) is 26.2. The second-order valence-corrected chi connectivity index (χ2v) is 7.55. The maximum atomic E-state index is 12.5. The van der Waals surface area contributed by atoms with Crippen LogP contribution in [0.4, 0.5) is 10.5 Å². The van der Waals surface area contributed by atoms with Gasteiger partial charge in [0.2, 0.25) is 5.91 Å². The molecular formula is C19H28N2O3. The van der Waals surface area contributed by atoms with Crippen molar-refractivity contribution in [2.45, 2.75) is 53.1 Å². The molecular weight excluding hydrogens is 304 g/mol. The summed E-state index contributed by atoms with van der Waals surface area (Å²) in [5.74, 6) is -0.0314. The molecule has 1 saturated heterocycles. The number of piperidine rings is 1. The lowest BCUT2D eigenvalue weighted by atomic mass is 9.96. The Morgan fingerprint density at radius 3 is 2.38 bits per heavy atom. The van der Waals surface area contributed by atoms with Crippen molar-refractivity contribution in [1.82, 2.24) is 4.90 Å². The maximum Gasteiger partial charge on any atom is 0.410 e. The Balaban J connectivity index is 1.89. The number of rotatable bonds is 2. The average Bonchev–Trinajstić information content (AvgIpc) is 2.49. The minimum absolute atomic E-state index is 0.0348. The van der Waals surface area contributed by atoms with Gasteiger partial charge in [0.25, 0.3) is 0 Å². The van der Waals surface area contributed by atoms with E-state index in [1.165, 1.54) is 0 Å². The third-order valence-electron chi connectivity index (χ3n) is 4.17.